The summed E-state index contributed by atoms with van der Waals surface area (Å²) in [7, 11) is 0. The maximum Gasteiger partial charge on any atom is 0.139 e. The van der Waals surface area contributed by atoms with Gasteiger partial charge < -0.3 is 9.52 Å². The number of aryl methyl sites for hydroxylation is 1. The fourth-order valence-electron chi connectivity index (χ4n) is 2.23. The Morgan fingerprint density at radius 2 is 2.00 bits per heavy atom. The highest BCUT2D eigenvalue weighted by Gasteiger charge is 2.17. The van der Waals surface area contributed by atoms with Gasteiger partial charge in [0.05, 0.1) is 5.52 Å². The SMILES string of the molecule is CCc1ccc(C(O)c2cccc3cccnc23)o1. The summed E-state index contributed by atoms with van der Waals surface area (Å²) in [6.45, 7) is 2.02. The van der Waals surface area contributed by atoms with E-state index in [1.54, 1.807) is 6.20 Å². The largest absolute Gasteiger partial charge is 0.463 e. The van der Waals surface area contributed by atoms with Crippen LogP contribution in [0.5, 0.6) is 0 Å². The highest BCUT2D eigenvalue weighted by atomic mass is 16.4. The normalized spacial score (nSPS) is 12.7. The van der Waals surface area contributed by atoms with Crippen LogP contribution in [-0.4, -0.2) is 10.1 Å². The summed E-state index contributed by atoms with van der Waals surface area (Å²) in [5.41, 5.74) is 1.59. The van der Waals surface area contributed by atoms with Crippen molar-refractivity contribution in [1.82, 2.24) is 4.98 Å². The molecule has 0 aliphatic rings. The zero-order valence-electron chi connectivity index (χ0n) is 10.7. The number of furan rings is 1. The van der Waals surface area contributed by atoms with Crippen molar-refractivity contribution in [3.05, 3.63) is 65.7 Å². The Morgan fingerprint density at radius 1 is 1.16 bits per heavy atom. The van der Waals surface area contributed by atoms with E-state index in [0.717, 1.165) is 28.6 Å². The second-order valence-corrected chi connectivity index (χ2v) is 4.48. The van der Waals surface area contributed by atoms with Crippen LogP contribution in [0.3, 0.4) is 0 Å². The number of hydrogen-bond donors (Lipinski definition) is 1. The van der Waals surface area contributed by atoms with Crippen LogP contribution >= 0.6 is 0 Å². The summed E-state index contributed by atoms with van der Waals surface area (Å²) in [6, 6.07) is 13.4. The van der Waals surface area contributed by atoms with Gasteiger partial charge in [-0.15, -0.1) is 0 Å². The van der Waals surface area contributed by atoms with Crippen molar-refractivity contribution < 1.29 is 9.52 Å². The van der Waals surface area contributed by atoms with Crippen LogP contribution in [0.25, 0.3) is 10.9 Å². The first kappa shape index (κ1) is 11.9. The summed E-state index contributed by atoms with van der Waals surface area (Å²) in [5.74, 6) is 1.44. The summed E-state index contributed by atoms with van der Waals surface area (Å²) < 4.78 is 5.62. The second kappa shape index (κ2) is 4.86. The lowest BCUT2D eigenvalue weighted by atomic mass is 10.0. The van der Waals surface area contributed by atoms with Crippen molar-refractivity contribution in [3.8, 4) is 0 Å². The molecule has 96 valence electrons. The predicted octanol–water partition coefficient (Wildman–Crippen LogP) is 3.47. The topological polar surface area (TPSA) is 46.3 Å². The maximum absolute atomic E-state index is 10.5. The number of aliphatic hydroxyl groups excluding tert-OH is 1. The van der Waals surface area contributed by atoms with Crippen molar-refractivity contribution in [2.75, 3.05) is 0 Å². The molecule has 0 bridgehead atoms. The summed E-state index contributed by atoms with van der Waals surface area (Å²) in [4.78, 5) is 4.35. The fraction of sp³-hybridized carbons (Fsp3) is 0.188. The van der Waals surface area contributed by atoms with E-state index in [4.69, 9.17) is 4.42 Å². The van der Waals surface area contributed by atoms with Gasteiger partial charge in [0, 0.05) is 23.6 Å². The molecular formula is C16H15NO2. The van der Waals surface area contributed by atoms with Gasteiger partial charge in [0.15, 0.2) is 0 Å². The molecule has 0 amide bonds. The quantitative estimate of drug-likeness (QED) is 0.777. The number of benzene rings is 1. The van der Waals surface area contributed by atoms with Gasteiger partial charge in [-0.3, -0.25) is 4.98 Å². The number of pyridine rings is 1. The van der Waals surface area contributed by atoms with Gasteiger partial charge in [-0.1, -0.05) is 31.2 Å². The molecule has 0 fully saturated rings. The van der Waals surface area contributed by atoms with Crippen molar-refractivity contribution in [2.24, 2.45) is 0 Å². The molecule has 3 heteroatoms. The maximum atomic E-state index is 10.5. The van der Waals surface area contributed by atoms with Gasteiger partial charge in [-0.2, -0.15) is 0 Å². The van der Waals surface area contributed by atoms with E-state index in [1.165, 1.54) is 0 Å². The zero-order chi connectivity index (χ0) is 13.2. The average molecular weight is 253 g/mol. The van der Waals surface area contributed by atoms with Crippen molar-refractivity contribution >= 4 is 10.9 Å². The van der Waals surface area contributed by atoms with Crippen molar-refractivity contribution in [3.63, 3.8) is 0 Å². The molecular weight excluding hydrogens is 238 g/mol. The fourth-order valence-corrected chi connectivity index (χ4v) is 2.23. The van der Waals surface area contributed by atoms with Crippen LogP contribution in [0.1, 0.15) is 30.1 Å². The average Bonchev–Trinajstić information content (AvgIpc) is 2.95. The van der Waals surface area contributed by atoms with E-state index >= 15 is 0 Å². The zero-order valence-corrected chi connectivity index (χ0v) is 10.7. The Balaban J connectivity index is 2.08. The van der Waals surface area contributed by atoms with E-state index in [2.05, 4.69) is 4.98 Å². The monoisotopic (exact) mass is 253 g/mol. The molecule has 3 rings (SSSR count). The molecule has 19 heavy (non-hydrogen) atoms. The van der Waals surface area contributed by atoms with E-state index in [0.29, 0.717) is 5.76 Å². The van der Waals surface area contributed by atoms with Crippen LogP contribution in [0, 0.1) is 0 Å². The second-order valence-electron chi connectivity index (χ2n) is 4.48. The van der Waals surface area contributed by atoms with Gasteiger partial charge in [0.2, 0.25) is 0 Å². The first-order valence-electron chi connectivity index (χ1n) is 6.40. The Bertz CT molecular complexity index is 697. The molecule has 2 aromatic heterocycles. The van der Waals surface area contributed by atoms with Crippen LogP contribution in [-0.2, 0) is 6.42 Å². The third-order valence-electron chi connectivity index (χ3n) is 3.26. The third kappa shape index (κ3) is 2.13. The molecule has 0 spiro atoms. The van der Waals surface area contributed by atoms with Gasteiger partial charge >= 0.3 is 0 Å². The third-order valence-corrected chi connectivity index (χ3v) is 3.26. The van der Waals surface area contributed by atoms with Crippen LogP contribution < -0.4 is 0 Å². The molecule has 2 heterocycles. The van der Waals surface area contributed by atoms with E-state index in [-0.39, 0.29) is 0 Å². The Labute approximate surface area is 111 Å². The van der Waals surface area contributed by atoms with Gasteiger partial charge in [-0.25, -0.2) is 0 Å². The number of aliphatic hydroxyl groups is 1. The highest BCUT2D eigenvalue weighted by molar-refractivity contribution is 5.82. The molecule has 1 aromatic carbocycles. The van der Waals surface area contributed by atoms with Crippen LogP contribution in [0.15, 0.2) is 53.1 Å². The molecule has 3 nitrogen and oxygen atoms in total. The molecule has 0 aliphatic heterocycles. The van der Waals surface area contributed by atoms with Gasteiger partial charge in [0.25, 0.3) is 0 Å². The van der Waals surface area contributed by atoms with Crippen LogP contribution in [0.2, 0.25) is 0 Å². The number of aromatic nitrogens is 1. The number of rotatable bonds is 3. The Kier molecular flexibility index (Phi) is 3.05. The minimum Gasteiger partial charge on any atom is -0.463 e. The molecule has 0 radical (unpaired) electrons. The molecule has 1 unspecified atom stereocenters. The van der Waals surface area contributed by atoms with E-state index in [1.807, 2.05) is 49.4 Å². The first-order valence-corrected chi connectivity index (χ1v) is 6.40. The summed E-state index contributed by atoms with van der Waals surface area (Å²) in [5, 5.41) is 11.5. The van der Waals surface area contributed by atoms with Crippen LogP contribution in [0.4, 0.5) is 0 Å². The minimum atomic E-state index is -0.779. The lowest BCUT2D eigenvalue weighted by Crippen LogP contribution is -2.00. The highest BCUT2D eigenvalue weighted by Crippen LogP contribution is 2.28. The molecule has 1 N–H and O–H groups in total. The summed E-state index contributed by atoms with van der Waals surface area (Å²) >= 11 is 0. The molecule has 0 aliphatic carbocycles. The Hall–Kier alpha value is -2.13. The minimum absolute atomic E-state index is 0.565. The number of nitrogens with zero attached hydrogens (tertiary/aromatic N) is 1. The van der Waals surface area contributed by atoms with Gasteiger partial charge in [0.1, 0.15) is 17.6 Å². The molecule has 0 saturated heterocycles. The van der Waals surface area contributed by atoms with Crippen molar-refractivity contribution in [2.45, 2.75) is 19.4 Å². The summed E-state index contributed by atoms with van der Waals surface area (Å²) in [6.07, 6.45) is 1.78. The van der Waals surface area contributed by atoms with Gasteiger partial charge in [-0.05, 0) is 18.2 Å². The molecule has 3 aromatic rings. The van der Waals surface area contributed by atoms with E-state index in [9.17, 15) is 5.11 Å². The first-order chi connectivity index (χ1) is 9.29. The number of fused-ring (bicyclic) bond motifs is 1. The number of para-hydroxylation sites is 1. The van der Waals surface area contributed by atoms with E-state index < -0.39 is 6.10 Å². The standard InChI is InChI=1S/C16H15NO2/c1-2-12-8-9-14(19-12)16(18)13-7-3-5-11-6-4-10-17-15(11)13/h3-10,16,18H,2H2,1H3. The lowest BCUT2D eigenvalue weighted by molar-refractivity contribution is 0.188. The Morgan fingerprint density at radius 3 is 2.79 bits per heavy atom. The molecule has 0 saturated carbocycles. The molecule has 1 atom stereocenters. The lowest BCUT2D eigenvalue weighted by Gasteiger charge is -2.10. The number of hydrogen-bond acceptors (Lipinski definition) is 3. The smallest absolute Gasteiger partial charge is 0.139 e. The predicted molar refractivity (Wildman–Crippen MR) is 73.9 cm³/mol. The van der Waals surface area contributed by atoms with Crippen molar-refractivity contribution in [1.29, 1.82) is 0 Å².